The van der Waals surface area contributed by atoms with E-state index in [1.807, 2.05) is 13.1 Å². The highest BCUT2D eigenvalue weighted by molar-refractivity contribution is 8.23. The van der Waals surface area contributed by atoms with Crippen molar-refractivity contribution < 1.29 is 28.2 Å². The topological polar surface area (TPSA) is 117 Å². The molecule has 0 saturated heterocycles. The molecule has 3 aromatic rings. The molecule has 3 N–H and O–H groups in total. The summed E-state index contributed by atoms with van der Waals surface area (Å²) >= 11 is 0. The van der Waals surface area contributed by atoms with Crippen molar-refractivity contribution in [2.75, 3.05) is 53.1 Å². The van der Waals surface area contributed by atoms with Gasteiger partial charge in [0.2, 0.25) is 0 Å². The molecule has 3 aliphatic rings. The van der Waals surface area contributed by atoms with Crippen molar-refractivity contribution in [1.82, 2.24) is 19.1 Å². The SMILES string of the molecule is COC(=O)c1ccc2c(C3CCCCC3)c3n(c2c1)CC1(CN(C)CCN(C)CCCS(O)(O)NC(=O)OC(C)(C)C)CC1c1ccccc1-3. The van der Waals surface area contributed by atoms with E-state index in [-0.39, 0.29) is 17.1 Å². The van der Waals surface area contributed by atoms with E-state index in [0.717, 1.165) is 38.1 Å². The molecule has 2 atom stereocenters. The van der Waals surface area contributed by atoms with E-state index in [2.05, 4.69) is 62.5 Å². The lowest BCUT2D eigenvalue weighted by Gasteiger charge is -2.34. The highest BCUT2D eigenvalue weighted by atomic mass is 32.3. The number of rotatable bonds is 12. The standard InChI is InChI=1S/C39H56N4O6S/c1-38(2,3)49-37(45)40-50(46,47)22-12-19-41(4)20-21-42(5)25-39-24-32(39)29-15-10-11-16-30(29)35-34(27-13-8-7-9-14-27)31-18-17-28(36(44)48-6)23-33(31)43(35)26-39/h10-11,15-18,23,27,32,46-47H,7-9,12-14,19-22,24-26H2,1-6H3,(H,40,45). The third-order valence-corrected chi connectivity index (χ3v) is 12.2. The number of methoxy groups -OCH3 is 1. The monoisotopic (exact) mass is 708 g/mol. The molecule has 2 heterocycles. The molecule has 2 saturated carbocycles. The highest BCUT2D eigenvalue weighted by Crippen LogP contribution is 2.65. The van der Waals surface area contributed by atoms with Crippen molar-refractivity contribution in [3.8, 4) is 11.3 Å². The maximum Gasteiger partial charge on any atom is 0.426 e. The molecule has 50 heavy (non-hydrogen) atoms. The van der Waals surface area contributed by atoms with E-state index in [0.29, 0.717) is 30.4 Å². The number of ether oxygens (including phenoxy) is 2. The molecular weight excluding hydrogens is 653 g/mol. The van der Waals surface area contributed by atoms with E-state index in [9.17, 15) is 18.7 Å². The molecule has 1 aliphatic heterocycles. The summed E-state index contributed by atoms with van der Waals surface area (Å²) < 4.78 is 35.8. The Labute approximate surface area is 299 Å². The average Bonchev–Trinajstić information content (AvgIpc) is 3.69. The fourth-order valence-corrected chi connectivity index (χ4v) is 9.43. The number of nitrogens with one attached hydrogen (secondary N) is 1. The molecule has 0 bridgehead atoms. The second kappa shape index (κ2) is 14.5. The van der Waals surface area contributed by atoms with Crippen LogP contribution in [0.3, 0.4) is 0 Å². The van der Waals surface area contributed by atoms with Crippen molar-refractivity contribution >= 4 is 33.7 Å². The maximum absolute atomic E-state index is 12.7. The van der Waals surface area contributed by atoms with Crippen LogP contribution in [0.4, 0.5) is 4.79 Å². The Bertz CT molecular complexity index is 1710. The van der Waals surface area contributed by atoms with Gasteiger partial charge < -0.3 is 23.8 Å². The molecule has 2 unspecified atom stereocenters. The molecule has 274 valence electrons. The van der Waals surface area contributed by atoms with Crippen LogP contribution >= 0.6 is 10.8 Å². The van der Waals surface area contributed by atoms with Crippen molar-refractivity contribution in [2.24, 2.45) is 5.41 Å². The van der Waals surface area contributed by atoms with Gasteiger partial charge in [-0.25, -0.2) is 14.3 Å². The molecule has 11 heteroatoms. The number of esters is 1. The van der Waals surface area contributed by atoms with E-state index in [4.69, 9.17) is 9.47 Å². The zero-order valence-electron chi connectivity index (χ0n) is 30.7. The average molecular weight is 709 g/mol. The first-order chi connectivity index (χ1) is 23.7. The Kier molecular flexibility index (Phi) is 10.6. The quantitative estimate of drug-likeness (QED) is 0.162. The van der Waals surface area contributed by atoms with Crippen LogP contribution in [0.1, 0.15) is 99.0 Å². The molecule has 10 nitrogen and oxygen atoms in total. The number of carbonyl (C=O) groups excluding carboxylic acids is 2. The van der Waals surface area contributed by atoms with Crippen LogP contribution in [-0.2, 0) is 16.0 Å². The van der Waals surface area contributed by atoms with Gasteiger partial charge in [-0.1, -0.05) is 49.6 Å². The summed E-state index contributed by atoms with van der Waals surface area (Å²) in [6.45, 7) is 9.43. The lowest BCUT2D eigenvalue weighted by Crippen LogP contribution is -2.37. The molecular formula is C39H56N4O6S. The number of carbonyl (C=O) groups is 2. The van der Waals surface area contributed by atoms with E-state index in [1.165, 1.54) is 67.0 Å². The maximum atomic E-state index is 12.7. The fourth-order valence-electron chi connectivity index (χ4n) is 8.49. The van der Waals surface area contributed by atoms with Gasteiger partial charge in [-0.3, -0.25) is 9.11 Å². The normalized spacial score (nSPS) is 21.0. The first kappa shape index (κ1) is 36.7. The minimum absolute atomic E-state index is 0.0737. The van der Waals surface area contributed by atoms with Gasteiger partial charge in [0, 0.05) is 48.1 Å². The van der Waals surface area contributed by atoms with Crippen LogP contribution < -0.4 is 4.72 Å². The third-order valence-electron chi connectivity index (χ3n) is 10.9. The summed E-state index contributed by atoms with van der Waals surface area (Å²) in [6, 6.07) is 15.2. The van der Waals surface area contributed by atoms with Crippen LogP contribution in [0.25, 0.3) is 22.2 Å². The van der Waals surface area contributed by atoms with Gasteiger partial charge in [0.15, 0.2) is 0 Å². The predicted molar refractivity (Wildman–Crippen MR) is 201 cm³/mol. The largest absolute Gasteiger partial charge is 0.465 e. The zero-order valence-corrected chi connectivity index (χ0v) is 31.5. The summed E-state index contributed by atoms with van der Waals surface area (Å²) in [5, 5.41) is 1.27. The number of benzene rings is 2. The van der Waals surface area contributed by atoms with Gasteiger partial charge in [0.05, 0.1) is 24.1 Å². The minimum atomic E-state index is -3.27. The molecule has 0 radical (unpaired) electrons. The predicted octanol–water partition coefficient (Wildman–Crippen LogP) is 8.07. The smallest absolute Gasteiger partial charge is 0.426 e. The van der Waals surface area contributed by atoms with Crippen LogP contribution in [0, 0.1) is 5.41 Å². The molecule has 0 spiro atoms. The van der Waals surface area contributed by atoms with Gasteiger partial charge >= 0.3 is 12.1 Å². The molecule has 6 rings (SSSR count). The number of likely N-dealkylation sites (N-methyl/N-ethyl adjacent to an activating group) is 2. The van der Waals surface area contributed by atoms with E-state index in [1.54, 1.807) is 20.8 Å². The summed E-state index contributed by atoms with van der Waals surface area (Å²) in [5.41, 5.74) is 6.72. The number of nitrogens with zero attached hydrogens (tertiary/aromatic N) is 3. The Morgan fingerprint density at radius 1 is 1.02 bits per heavy atom. The zero-order chi connectivity index (χ0) is 35.8. The van der Waals surface area contributed by atoms with Crippen LogP contribution in [0.2, 0.25) is 0 Å². The number of amides is 1. The molecule has 2 aromatic carbocycles. The third kappa shape index (κ3) is 8.02. The number of hydrogen-bond acceptors (Lipinski definition) is 8. The minimum Gasteiger partial charge on any atom is -0.465 e. The summed E-state index contributed by atoms with van der Waals surface area (Å²) in [7, 11) is 2.42. The summed E-state index contributed by atoms with van der Waals surface area (Å²) in [6.07, 6.45) is 7.07. The summed E-state index contributed by atoms with van der Waals surface area (Å²) in [5.74, 6) is 0.756. The first-order valence-corrected chi connectivity index (χ1v) is 19.9. The van der Waals surface area contributed by atoms with Crippen molar-refractivity contribution in [2.45, 2.75) is 89.7 Å². The van der Waals surface area contributed by atoms with Crippen molar-refractivity contribution in [3.63, 3.8) is 0 Å². The molecule has 1 aromatic heterocycles. The van der Waals surface area contributed by atoms with Crippen molar-refractivity contribution in [1.29, 1.82) is 0 Å². The Morgan fingerprint density at radius 2 is 1.74 bits per heavy atom. The molecule has 1 amide bonds. The Balaban J connectivity index is 1.17. The van der Waals surface area contributed by atoms with E-state index >= 15 is 0 Å². The van der Waals surface area contributed by atoms with Crippen LogP contribution in [0.5, 0.6) is 0 Å². The highest BCUT2D eigenvalue weighted by Gasteiger charge is 2.57. The Morgan fingerprint density at radius 3 is 2.46 bits per heavy atom. The molecule has 2 fully saturated rings. The van der Waals surface area contributed by atoms with Gasteiger partial charge in [-0.05, 0) is 102 Å². The summed E-state index contributed by atoms with van der Waals surface area (Å²) in [4.78, 5) is 29.4. The van der Waals surface area contributed by atoms with Gasteiger partial charge in [-0.2, -0.15) is 0 Å². The second-order valence-corrected chi connectivity index (χ2v) is 17.9. The fraction of sp³-hybridized carbons (Fsp3) is 0.590. The number of hydrogen-bond donors (Lipinski definition) is 3. The lowest BCUT2D eigenvalue weighted by molar-refractivity contribution is 0.0562. The number of aromatic nitrogens is 1. The van der Waals surface area contributed by atoms with Crippen molar-refractivity contribution in [3.05, 3.63) is 59.2 Å². The first-order valence-electron chi connectivity index (χ1n) is 18.2. The van der Waals surface area contributed by atoms with Gasteiger partial charge in [-0.15, -0.1) is 10.8 Å². The van der Waals surface area contributed by atoms with Gasteiger partial charge in [0.1, 0.15) is 5.60 Å². The van der Waals surface area contributed by atoms with E-state index < -0.39 is 22.5 Å². The lowest BCUT2D eigenvalue weighted by atomic mass is 9.81. The Hall–Kier alpha value is -3.09. The van der Waals surface area contributed by atoms with Crippen LogP contribution in [0.15, 0.2) is 42.5 Å². The number of fused-ring (bicyclic) bond motifs is 7. The van der Waals surface area contributed by atoms with Gasteiger partial charge in [0.25, 0.3) is 0 Å². The molecule has 2 aliphatic carbocycles. The second-order valence-electron chi connectivity index (χ2n) is 16.0. The van der Waals surface area contributed by atoms with Crippen LogP contribution in [-0.4, -0.2) is 94.3 Å².